The molecule has 0 saturated carbocycles. The zero-order valence-corrected chi connectivity index (χ0v) is 14.9. The second-order valence-corrected chi connectivity index (χ2v) is 6.11. The number of alkyl halides is 6. The molecule has 0 aliphatic heterocycles. The fraction of sp³-hybridized carbons (Fsp3) is 0.375. The van der Waals surface area contributed by atoms with E-state index in [4.69, 9.17) is 12.2 Å². The minimum atomic E-state index is -4.50. The molecule has 0 radical (unpaired) electrons. The van der Waals surface area contributed by atoms with Crippen LogP contribution < -0.4 is 10.6 Å². The highest BCUT2D eigenvalue weighted by atomic mass is 32.1. The Morgan fingerprint density at radius 3 is 2.41 bits per heavy atom. The lowest BCUT2D eigenvalue weighted by Crippen LogP contribution is -2.30. The number of benzene rings is 1. The molecule has 4 nitrogen and oxygen atoms in total. The van der Waals surface area contributed by atoms with Crippen LogP contribution in [-0.4, -0.2) is 21.4 Å². The van der Waals surface area contributed by atoms with Crippen LogP contribution in [-0.2, 0) is 18.9 Å². The maximum atomic E-state index is 12.7. The van der Waals surface area contributed by atoms with Crippen molar-refractivity contribution < 1.29 is 26.3 Å². The van der Waals surface area contributed by atoms with Gasteiger partial charge < -0.3 is 10.6 Å². The second-order valence-electron chi connectivity index (χ2n) is 5.70. The largest absolute Gasteiger partial charge is 0.435 e. The first kappa shape index (κ1) is 21.0. The molecule has 148 valence electrons. The second kappa shape index (κ2) is 8.15. The molecular weight excluding hydrogens is 394 g/mol. The van der Waals surface area contributed by atoms with Crippen molar-refractivity contribution in [1.82, 2.24) is 15.1 Å². The Morgan fingerprint density at radius 1 is 1.11 bits per heavy atom. The molecule has 1 heterocycles. The quantitative estimate of drug-likeness (QED) is 0.429. The van der Waals surface area contributed by atoms with Gasteiger partial charge in [0.05, 0.1) is 5.56 Å². The molecule has 0 fully saturated rings. The predicted molar refractivity (Wildman–Crippen MR) is 92.3 cm³/mol. The number of halogens is 6. The number of nitrogens with zero attached hydrogens (tertiary/aromatic N) is 2. The van der Waals surface area contributed by atoms with E-state index < -0.39 is 23.6 Å². The van der Waals surface area contributed by atoms with Crippen molar-refractivity contribution in [3.8, 4) is 0 Å². The highest BCUT2D eigenvalue weighted by Gasteiger charge is 2.34. The lowest BCUT2D eigenvalue weighted by molar-refractivity contribution is -0.141. The van der Waals surface area contributed by atoms with E-state index in [1.807, 2.05) is 0 Å². The third kappa shape index (κ3) is 6.12. The van der Waals surface area contributed by atoms with E-state index in [1.165, 1.54) is 23.7 Å². The molecule has 2 rings (SSSR count). The fourth-order valence-electron chi connectivity index (χ4n) is 2.25. The molecule has 2 aromatic rings. The first-order chi connectivity index (χ1) is 12.5. The van der Waals surface area contributed by atoms with Crippen molar-refractivity contribution in [2.75, 3.05) is 11.9 Å². The van der Waals surface area contributed by atoms with Crippen LogP contribution in [0.15, 0.2) is 30.3 Å². The Labute approximate surface area is 156 Å². The molecule has 0 aliphatic rings. The monoisotopic (exact) mass is 410 g/mol. The van der Waals surface area contributed by atoms with Gasteiger partial charge in [-0.15, -0.1) is 0 Å². The third-order valence-corrected chi connectivity index (χ3v) is 3.80. The van der Waals surface area contributed by atoms with Gasteiger partial charge in [-0.2, -0.15) is 31.4 Å². The summed E-state index contributed by atoms with van der Waals surface area (Å²) in [6, 6.07) is 5.54. The number of nitrogens with one attached hydrogen (secondary N) is 2. The van der Waals surface area contributed by atoms with E-state index in [-0.39, 0.29) is 17.3 Å². The first-order valence-corrected chi connectivity index (χ1v) is 8.21. The number of rotatable bonds is 5. The first-order valence-electron chi connectivity index (χ1n) is 7.80. The molecule has 0 spiro atoms. The highest BCUT2D eigenvalue weighted by molar-refractivity contribution is 7.80. The Balaban J connectivity index is 1.81. The molecule has 0 bridgehead atoms. The van der Waals surface area contributed by atoms with Gasteiger partial charge in [0.1, 0.15) is 0 Å². The molecule has 0 unspecified atom stereocenters. The SMILES string of the molecule is Cc1cc(C(F)(F)F)nn1CCCNC(=S)Nc1cccc(C(F)(F)F)c1. The van der Waals surface area contributed by atoms with Gasteiger partial charge in [-0.3, -0.25) is 4.68 Å². The van der Waals surface area contributed by atoms with E-state index in [0.717, 1.165) is 18.2 Å². The Kier molecular flexibility index (Phi) is 6.34. The Morgan fingerprint density at radius 2 is 1.81 bits per heavy atom. The summed E-state index contributed by atoms with van der Waals surface area (Å²) in [5.74, 6) is 0. The van der Waals surface area contributed by atoms with E-state index in [0.29, 0.717) is 18.7 Å². The average Bonchev–Trinajstić information content (AvgIpc) is 2.92. The van der Waals surface area contributed by atoms with Gasteiger partial charge in [-0.25, -0.2) is 0 Å². The number of aromatic nitrogens is 2. The number of aryl methyl sites for hydroxylation is 2. The predicted octanol–water partition coefficient (Wildman–Crippen LogP) is 4.61. The summed E-state index contributed by atoms with van der Waals surface area (Å²) in [5.41, 5.74) is -1.19. The van der Waals surface area contributed by atoms with Crippen molar-refractivity contribution in [3.05, 3.63) is 47.3 Å². The minimum Gasteiger partial charge on any atom is -0.362 e. The van der Waals surface area contributed by atoms with Crippen molar-refractivity contribution in [3.63, 3.8) is 0 Å². The van der Waals surface area contributed by atoms with Crippen LogP contribution in [0.4, 0.5) is 32.0 Å². The van der Waals surface area contributed by atoms with Crippen LogP contribution in [0.1, 0.15) is 23.4 Å². The molecular formula is C16H16F6N4S. The van der Waals surface area contributed by atoms with Crippen molar-refractivity contribution in [2.24, 2.45) is 0 Å². The van der Waals surface area contributed by atoms with Crippen LogP contribution in [0, 0.1) is 6.92 Å². The molecule has 0 amide bonds. The summed E-state index contributed by atoms with van der Waals surface area (Å²) in [7, 11) is 0. The summed E-state index contributed by atoms with van der Waals surface area (Å²) in [5, 5.41) is 9.05. The highest BCUT2D eigenvalue weighted by Crippen LogP contribution is 2.30. The number of anilines is 1. The van der Waals surface area contributed by atoms with E-state index in [2.05, 4.69) is 15.7 Å². The molecule has 27 heavy (non-hydrogen) atoms. The normalized spacial score (nSPS) is 12.1. The van der Waals surface area contributed by atoms with Crippen molar-refractivity contribution in [1.29, 1.82) is 0 Å². The molecule has 0 aliphatic carbocycles. The van der Waals surface area contributed by atoms with Gasteiger partial charge in [0, 0.05) is 24.5 Å². The van der Waals surface area contributed by atoms with Gasteiger partial charge >= 0.3 is 12.4 Å². The standard InChI is InChI=1S/C16H16F6N4S/c1-10-8-13(16(20,21)22)25-26(10)7-3-6-23-14(27)24-12-5-2-4-11(9-12)15(17,18)19/h2,4-5,8-9H,3,6-7H2,1H3,(H2,23,24,27). The number of hydrogen-bond acceptors (Lipinski definition) is 2. The van der Waals surface area contributed by atoms with Gasteiger partial charge in [-0.1, -0.05) is 6.07 Å². The smallest absolute Gasteiger partial charge is 0.362 e. The maximum Gasteiger partial charge on any atom is 0.435 e. The third-order valence-electron chi connectivity index (χ3n) is 3.55. The summed E-state index contributed by atoms with van der Waals surface area (Å²) in [6.45, 7) is 2.07. The van der Waals surface area contributed by atoms with E-state index in [1.54, 1.807) is 0 Å². The topological polar surface area (TPSA) is 41.9 Å². The number of hydrogen-bond donors (Lipinski definition) is 2. The minimum absolute atomic E-state index is 0.113. The summed E-state index contributed by atoms with van der Waals surface area (Å²) in [6.07, 6.45) is -8.53. The van der Waals surface area contributed by atoms with Crippen molar-refractivity contribution in [2.45, 2.75) is 32.2 Å². The van der Waals surface area contributed by atoms with Gasteiger partial charge in [0.2, 0.25) is 0 Å². The van der Waals surface area contributed by atoms with Gasteiger partial charge in [-0.05, 0) is 49.8 Å². The molecule has 0 atom stereocenters. The molecule has 1 aromatic heterocycles. The van der Waals surface area contributed by atoms with E-state index >= 15 is 0 Å². The zero-order valence-electron chi connectivity index (χ0n) is 14.1. The lowest BCUT2D eigenvalue weighted by Gasteiger charge is -2.13. The molecule has 11 heteroatoms. The Bertz CT molecular complexity index is 797. The molecule has 2 N–H and O–H groups in total. The van der Waals surface area contributed by atoms with Gasteiger partial charge in [0.15, 0.2) is 10.8 Å². The van der Waals surface area contributed by atoms with Crippen LogP contribution in [0.5, 0.6) is 0 Å². The van der Waals surface area contributed by atoms with Crippen molar-refractivity contribution >= 4 is 23.0 Å². The van der Waals surface area contributed by atoms with Crippen LogP contribution in [0.2, 0.25) is 0 Å². The molecule has 0 saturated heterocycles. The van der Waals surface area contributed by atoms with E-state index in [9.17, 15) is 26.3 Å². The van der Waals surface area contributed by atoms with Gasteiger partial charge in [0.25, 0.3) is 0 Å². The zero-order chi connectivity index (χ0) is 20.2. The fourth-order valence-corrected chi connectivity index (χ4v) is 2.47. The Hall–Kier alpha value is -2.30. The average molecular weight is 410 g/mol. The molecule has 1 aromatic carbocycles. The van der Waals surface area contributed by atoms with Crippen LogP contribution in [0.3, 0.4) is 0 Å². The van der Waals surface area contributed by atoms with Crippen LogP contribution in [0.25, 0.3) is 0 Å². The number of thiocarbonyl (C=S) groups is 1. The maximum absolute atomic E-state index is 12.7. The lowest BCUT2D eigenvalue weighted by atomic mass is 10.2. The summed E-state index contributed by atoms with van der Waals surface area (Å²) in [4.78, 5) is 0. The summed E-state index contributed by atoms with van der Waals surface area (Å²) < 4.78 is 77.0. The van der Waals surface area contributed by atoms with Crippen LogP contribution >= 0.6 is 12.2 Å². The summed E-state index contributed by atoms with van der Waals surface area (Å²) >= 11 is 5.01.